The van der Waals surface area contributed by atoms with Crippen molar-refractivity contribution in [3.63, 3.8) is 0 Å². The molecule has 2 aromatic carbocycles. The largest absolute Gasteiger partial charge is 0.417 e. The fraction of sp³-hybridized carbons (Fsp3) is 0.333. The highest BCUT2D eigenvalue weighted by atomic mass is 35.5. The number of anilines is 2. The van der Waals surface area contributed by atoms with Gasteiger partial charge in [0, 0.05) is 48.1 Å². The number of aromatic nitrogens is 1. The summed E-state index contributed by atoms with van der Waals surface area (Å²) in [6.07, 6.45) is 0. The lowest BCUT2D eigenvalue weighted by Gasteiger charge is -2.40. The average molecular weight is 431 g/mol. The first-order valence-electron chi connectivity index (χ1n) is 9.74. The summed E-state index contributed by atoms with van der Waals surface area (Å²) in [5.74, 6) is -0.645. The molecular weight excluding hydrogens is 408 g/mol. The number of halogens is 1. The van der Waals surface area contributed by atoms with Gasteiger partial charge in [0.05, 0.1) is 18.7 Å². The molecule has 8 nitrogen and oxygen atoms in total. The van der Waals surface area contributed by atoms with Crippen LogP contribution >= 0.6 is 11.6 Å². The number of fused-ring (bicyclic) bond motifs is 1. The highest BCUT2D eigenvalue weighted by molar-refractivity contribution is 6.31. The second kappa shape index (κ2) is 8.51. The van der Waals surface area contributed by atoms with Crippen LogP contribution in [0.5, 0.6) is 0 Å². The number of aliphatic hydroxyl groups excluding tert-OH is 1. The minimum Gasteiger partial charge on any atom is -0.408 e. The molecule has 0 aliphatic carbocycles. The number of aliphatic hydroxyl groups is 1. The lowest BCUT2D eigenvalue weighted by molar-refractivity contribution is -0.117. The lowest BCUT2D eigenvalue weighted by Crippen LogP contribution is -2.53. The van der Waals surface area contributed by atoms with Crippen molar-refractivity contribution in [1.29, 1.82) is 0 Å². The van der Waals surface area contributed by atoms with Gasteiger partial charge in [0.15, 0.2) is 5.58 Å². The van der Waals surface area contributed by atoms with Crippen molar-refractivity contribution in [2.75, 3.05) is 36.4 Å². The second-order valence-corrected chi connectivity index (χ2v) is 7.88. The number of benzene rings is 2. The molecule has 158 valence electrons. The van der Waals surface area contributed by atoms with Gasteiger partial charge < -0.3 is 19.7 Å². The van der Waals surface area contributed by atoms with Crippen LogP contribution in [0.1, 0.15) is 12.5 Å². The van der Waals surface area contributed by atoms with Crippen molar-refractivity contribution < 1.29 is 14.3 Å². The molecule has 1 atom stereocenters. The van der Waals surface area contributed by atoms with Crippen molar-refractivity contribution in [3.8, 4) is 0 Å². The van der Waals surface area contributed by atoms with E-state index in [0.717, 1.165) is 25.3 Å². The van der Waals surface area contributed by atoms with Gasteiger partial charge in [0.2, 0.25) is 5.91 Å². The Morgan fingerprint density at radius 3 is 2.90 bits per heavy atom. The quantitative estimate of drug-likeness (QED) is 0.574. The summed E-state index contributed by atoms with van der Waals surface area (Å²) in [4.78, 5) is 30.7. The Kier molecular flexibility index (Phi) is 5.80. The van der Waals surface area contributed by atoms with E-state index in [0.29, 0.717) is 27.4 Å². The number of amides is 1. The van der Waals surface area contributed by atoms with Gasteiger partial charge in [-0.05, 0) is 42.8 Å². The average Bonchev–Trinajstić information content (AvgIpc) is 3.09. The summed E-state index contributed by atoms with van der Waals surface area (Å²) >= 11 is 6.09. The van der Waals surface area contributed by atoms with E-state index in [1.807, 2.05) is 12.1 Å². The Morgan fingerprint density at radius 1 is 1.30 bits per heavy atom. The number of nitrogens with zero attached hydrogens (tertiary/aromatic N) is 2. The molecule has 3 aromatic rings. The fourth-order valence-electron chi connectivity index (χ4n) is 3.75. The monoisotopic (exact) mass is 430 g/mol. The molecule has 0 spiro atoms. The maximum absolute atomic E-state index is 12.5. The number of hydrogen-bond donors (Lipinski definition) is 3. The molecule has 1 aliphatic rings. The summed E-state index contributed by atoms with van der Waals surface area (Å²) in [6.45, 7) is 4.53. The highest BCUT2D eigenvalue weighted by Crippen LogP contribution is 2.25. The van der Waals surface area contributed by atoms with E-state index in [-0.39, 0.29) is 25.1 Å². The third-order valence-electron chi connectivity index (χ3n) is 5.38. The first kappa shape index (κ1) is 20.5. The molecule has 0 unspecified atom stereocenters. The van der Waals surface area contributed by atoms with Gasteiger partial charge >= 0.3 is 5.76 Å². The van der Waals surface area contributed by atoms with Gasteiger partial charge in [-0.3, -0.25) is 14.7 Å². The summed E-state index contributed by atoms with van der Waals surface area (Å²) in [5, 5.41) is 12.9. The van der Waals surface area contributed by atoms with Gasteiger partial charge in [0.1, 0.15) is 0 Å². The van der Waals surface area contributed by atoms with E-state index in [9.17, 15) is 14.7 Å². The number of carbonyl (C=O) groups excluding carboxylic acids is 1. The van der Waals surface area contributed by atoms with Crippen LogP contribution in [0.3, 0.4) is 0 Å². The Bertz CT molecular complexity index is 1130. The molecule has 1 fully saturated rings. The van der Waals surface area contributed by atoms with Crippen LogP contribution in [0.4, 0.5) is 11.4 Å². The third-order valence-corrected chi connectivity index (χ3v) is 5.75. The zero-order valence-corrected chi connectivity index (χ0v) is 17.3. The van der Waals surface area contributed by atoms with Gasteiger partial charge in [-0.25, -0.2) is 4.79 Å². The fourth-order valence-corrected chi connectivity index (χ4v) is 3.93. The number of rotatable bonds is 5. The maximum Gasteiger partial charge on any atom is 0.417 e. The molecule has 0 saturated carbocycles. The van der Waals surface area contributed by atoms with Crippen molar-refractivity contribution in [2.45, 2.75) is 19.6 Å². The second-order valence-electron chi connectivity index (χ2n) is 7.47. The summed E-state index contributed by atoms with van der Waals surface area (Å²) < 4.78 is 5.03. The highest BCUT2D eigenvalue weighted by Gasteiger charge is 2.25. The summed E-state index contributed by atoms with van der Waals surface area (Å²) in [7, 11) is 0. The number of H-pyrrole nitrogens is 1. The van der Waals surface area contributed by atoms with Gasteiger partial charge in [0.25, 0.3) is 0 Å². The molecule has 1 aromatic heterocycles. The van der Waals surface area contributed by atoms with Crippen molar-refractivity contribution in [3.05, 3.63) is 57.5 Å². The van der Waals surface area contributed by atoms with E-state index >= 15 is 0 Å². The van der Waals surface area contributed by atoms with Crippen LogP contribution in [0.2, 0.25) is 5.02 Å². The zero-order chi connectivity index (χ0) is 21.3. The SMILES string of the molecule is C[C@@H]1CN(c2ccc(Cl)c(CO)c2)CCN1CC(=O)Nc1ccc2[nH]c(=O)oc2c1. The first-order chi connectivity index (χ1) is 14.4. The van der Waals surface area contributed by atoms with Crippen LogP contribution in [-0.2, 0) is 11.4 Å². The predicted octanol–water partition coefficient (Wildman–Crippen LogP) is 2.42. The molecule has 9 heteroatoms. The van der Waals surface area contributed by atoms with Crippen LogP contribution in [0.15, 0.2) is 45.6 Å². The van der Waals surface area contributed by atoms with E-state index in [1.54, 1.807) is 24.3 Å². The predicted molar refractivity (Wildman–Crippen MR) is 116 cm³/mol. The Balaban J connectivity index is 1.36. The molecule has 30 heavy (non-hydrogen) atoms. The van der Waals surface area contributed by atoms with Gasteiger partial charge in [-0.2, -0.15) is 0 Å². The molecule has 4 rings (SSSR count). The number of piperazine rings is 1. The molecule has 2 heterocycles. The smallest absolute Gasteiger partial charge is 0.408 e. The normalized spacial score (nSPS) is 17.4. The minimum absolute atomic E-state index is 0.0969. The van der Waals surface area contributed by atoms with Crippen molar-refractivity contribution in [1.82, 2.24) is 9.88 Å². The Hall–Kier alpha value is -2.81. The van der Waals surface area contributed by atoms with E-state index < -0.39 is 5.76 Å². The summed E-state index contributed by atoms with van der Waals surface area (Å²) in [5.41, 5.74) is 3.30. The van der Waals surface area contributed by atoms with Gasteiger partial charge in [-0.1, -0.05) is 11.6 Å². The topological polar surface area (TPSA) is 102 Å². The van der Waals surface area contributed by atoms with Crippen LogP contribution < -0.4 is 16.0 Å². The van der Waals surface area contributed by atoms with Crippen LogP contribution in [0.25, 0.3) is 11.1 Å². The maximum atomic E-state index is 12.5. The zero-order valence-electron chi connectivity index (χ0n) is 16.5. The van der Waals surface area contributed by atoms with Crippen molar-refractivity contribution in [2.24, 2.45) is 0 Å². The number of oxazole rings is 1. The lowest BCUT2D eigenvalue weighted by atomic mass is 10.1. The third kappa shape index (κ3) is 4.35. The van der Waals surface area contributed by atoms with Crippen molar-refractivity contribution >= 4 is 40.0 Å². The van der Waals surface area contributed by atoms with E-state index in [1.165, 1.54) is 0 Å². The molecular formula is C21H23ClN4O4. The number of nitrogens with one attached hydrogen (secondary N) is 2. The van der Waals surface area contributed by atoms with Crippen LogP contribution in [0, 0.1) is 0 Å². The molecule has 1 amide bonds. The standard InChI is InChI=1S/C21H23ClN4O4/c1-13-10-26(16-3-4-17(22)14(8-16)12-27)7-6-25(13)11-20(28)23-15-2-5-18-19(9-15)30-21(29)24-18/h2-5,8-9,13,27H,6-7,10-12H2,1H3,(H,23,28)(H,24,29)/t13-/m1/s1. The molecule has 0 bridgehead atoms. The van der Waals surface area contributed by atoms with Crippen LogP contribution in [-0.4, -0.2) is 53.1 Å². The molecule has 3 N–H and O–H groups in total. The molecule has 1 aliphatic heterocycles. The number of aromatic amines is 1. The molecule has 1 saturated heterocycles. The number of carbonyl (C=O) groups is 1. The first-order valence-corrected chi connectivity index (χ1v) is 10.1. The number of hydrogen-bond acceptors (Lipinski definition) is 6. The molecule has 0 radical (unpaired) electrons. The Morgan fingerprint density at radius 2 is 2.13 bits per heavy atom. The minimum atomic E-state index is -0.521. The summed E-state index contributed by atoms with van der Waals surface area (Å²) in [6, 6.07) is 10.9. The van der Waals surface area contributed by atoms with E-state index in [2.05, 4.69) is 27.0 Å². The Labute approximate surface area is 178 Å². The van der Waals surface area contributed by atoms with Gasteiger partial charge in [-0.15, -0.1) is 0 Å². The van der Waals surface area contributed by atoms with E-state index in [4.69, 9.17) is 16.0 Å².